The first kappa shape index (κ1) is 19.1. The Balaban J connectivity index is 1.68. The molecular formula is C22H25N5O2. The summed E-state index contributed by atoms with van der Waals surface area (Å²) in [6.07, 6.45) is 0. The summed E-state index contributed by atoms with van der Waals surface area (Å²) in [5.41, 5.74) is 1.73. The van der Waals surface area contributed by atoms with Gasteiger partial charge in [-0.25, -0.2) is 9.67 Å². The molecule has 3 aromatic rings. The van der Waals surface area contributed by atoms with Crippen molar-refractivity contribution < 1.29 is 9.53 Å². The lowest BCUT2D eigenvalue weighted by molar-refractivity contribution is 0.0631. The second-order valence-corrected chi connectivity index (χ2v) is 6.96. The average molecular weight is 391 g/mol. The Hall–Kier alpha value is -3.19. The molecule has 0 unspecified atom stereocenters. The van der Waals surface area contributed by atoms with Crippen molar-refractivity contribution >= 4 is 5.91 Å². The van der Waals surface area contributed by atoms with E-state index in [1.807, 2.05) is 59.5 Å². The van der Waals surface area contributed by atoms with E-state index in [1.54, 1.807) is 11.8 Å². The van der Waals surface area contributed by atoms with Gasteiger partial charge in [0, 0.05) is 31.7 Å². The lowest BCUT2D eigenvalue weighted by Crippen LogP contribution is -2.48. The van der Waals surface area contributed by atoms with Gasteiger partial charge in [0.25, 0.3) is 5.91 Å². The Kier molecular flexibility index (Phi) is 5.57. The quantitative estimate of drug-likeness (QED) is 0.669. The number of benzene rings is 2. The SMILES string of the molecule is CCN1CCN(C(=O)c2nc(-c3ccccc3)n(-c3ccc(OC)cc3)n2)CC1. The van der Waals surface area contributed by atoms with Crippen LogP contribution < -0.4 is 4.74 Å². The topological polar surface area (TPSA) is 63.5 Å². The standard InChI is InChI=1S/C22H25N5O2/c1-3-25-13-15-26(16-14-25)22(28)20-23-21(17-7-5-4-6-8-17)27(24-20)18-9-11-19(29-2)12-10-18/h4-12H,3,13-16H2,1-2H3. The van der Waals surface area contributed by atoms with Crippen molar-refractivity contribution in [1.29, 1.82) is 0 Å². The Labute approximate surface area is 170 Å². The van der Waals surface area contributed by atoms with E-state index >= 15 is 0 Å². The van der Waals surface area contributed by atoms with Crippen molar-refractivity contribution in [3.8, 4) is 22.8 Å². The maximum Gasteiger partial charge on any atom is 0.293 e. The summed E-state index contributed by atoms with van der Waals surface area (Å²) in [6.45, 7) is 6.31. The minimum absolute atomic E-state index is 0.120. The molecule has 1 fully saturated rings. The van der Waals surface area contributed by atoms with Gasteiger partial charge >= 0.3 is 0 Å². The number of methoxy groups -OCH3 is 1. The molecule has 0 saturated carbocycles. The van der Waals surface area contributed by atoms with Crippen LogP contribution in [-0.2, 0) is 0 Å². The van der Waals surface area contributed by atoms with E-state index in [0.29, 0.717) is 18.9 Å². The molecule has 2 aromatic carbocycles. The predicted molar refractivity (Wildman–Crippen MR) is 111 cm³/mol. The van der Waals surface area contributed by atoms with Crippen LogP contribution in [0.2, 0.25) is 0 Å². The smallest absolute Gasteiger partial charge is 0.293 e. The van der Waals surface area contributed by atoms with Crippen LogP contribution in [-0.4, -0.2) is 70.3 Å². The number of likely N-dealkylation sites (N-methyl/N-ethyl adjacent to an activating group) is 1. The first-order valence-corrected chi connectivity index (χ1v) is 9.88. The van der Waals surface area contributed by atoms with Crippen molar-refractivity contribution in [2.24, 2.45) is 0 Å². The first-order valence-electron chi connectivity index (χ1n) is 9.88. The van der Waals surface area contributed by atoms with E-state index in [-0.39, 0.29) is 11.7 Å². The number of amides is 1. The molecule has 0 atom stereocenters. The summed E-state index contributed by atoms with van der Waals surface area (Å²) in [6, 6.07) is 17.4. The van der Waals surface area contributed by atoms with Crippen molar-refractivity contribution in [2.75, 3.05) is 39.8 Å². The van der Waals surface area contributed by atoms with Crippen LogP contribution in [0.1, 0.15) is 17.5 Å². The van der Waals surface area contributed by atoms with Gasteiger partial charge in [0.05, 0.1) is 12.8 Å². The first-order chi connectivity index (χ1) is 14.2. The summed E-state index contributed by atoms with van der Waals surface area (Å²) < 4.78 is 6.98. The molecule has 1 saturated heterocycles. The number of carbonyl (C=O) groups is 1. The third kappa shape index (κ3) is 4.00. The molecule has 0 bridgehead atoms. The summed E-state index contributed by atoms with van der Waals surface area (Å²) in [4.78, 5) is 21.9. The fourth-order valence-electron chi connectivity index (χ4n) is 3.49. The van der Waals surface area contributed by atoms with Gasteiger partial charge in [0.1, 0.15) is 5.75 Å². The zero-order chi connectivity index (χ0) is 20.2. The molecule has 0 aliphatic carbocycles. The molecule has 29 heavy (non-hydrogen) atoms. The maximum absolute atomic E-state index is 13.1. The highest BCUT2D eigenvalue weighted by molar-refractivity contribution is 5.91. The van der Waals surface area contributed by atoms with Crippen molar-refractivity contribution in [3.63, 3.8) is 0 Å². The number of nitrogens with zero attached hydrogens (tertiary/aromatic N) is 5. The van der Waals surface area contributed by atoms with Gasteiger partial charge in [-0.15, -0.1) is 5.10 Å². The summed E-state index contributed by atoms with van der Waals surface area (Å²) in [5, 5.41) is 4.59. The largest absolute Gasteiger partial charge is 0.497 e. The molecule has 4 rings (SSSR count). The van der Waals surface area contributed by atoms with E-state index in [1.165, 1.54) is 0 Å². The van der Waals surface area contributed by atoms with Gasteiger partial charge in [0.15, 0.2) is 5.82 Å². The van der Waals surface area contributed by atoms with Crippen molar-refractivity contribution in [3.05, 3.63) is 60.4 Å². The lowest BCUT2D eigenvalue weighted by atomic mass is 10.2. The van der Waals surface area contributed by atoms with Crippen LogP contribution in [0.3, 0.4) is 0 Å². The molecule has 0 radical (unpaired) electrons. The number of rotatable bonds is 5. The molecule has 7 heteroatoms. The van der Waals surface area contributed by atoms with E-state index in [0.717, 1.165) is 36.6 Å². The minimum Gasteiger partial charge on any atom is -0.497 e. The second-order valence-electron chi connectivity index (χ2n) is 6.96. The van der Waals surface area contributed by atoms with Gasteiger partial charge in [-0.05, 0) is 30.8 Å². The molecule has 1 aliphatic rings. The van der Waals surface area contributed by atoms with Gasteiger partial charge in [-0.3, -0.25) is 4.79 Å². The minimum atomic E-state index is -0.120. The van der Waals surface area contributed by atoms with E-state index in [2.05, 4.69) is 21.9 Å². The van der Waals surface area contributed by atoms with Crippen LogP contribution in [0.4, 0.5) is 0 Å². The van der Waals surface area contributed by atoms with Crippen LogP contribution >= 0.6 is 0 Å². The second kappa shape index (κ2) is 8.45. The monoisotopic (exact) mass is 391 g/mol. The molecule has 0 N–H and O–H groups in total. The normalized spacial score (nSPS) is 14.8. The molecular weight excluding hydrogens is 366 g/mol. The van der Waals surface area contributed by atoms with Crippen molar-refractivity contribution in [2.45, 2.75) is 6.92 Å². The third-order valence-electron chi connectivity index (χ3n) is 5.25. The van der Waals surface area contributed by atoms with E-state index < -0.39 is 0 Å². The molecule has 7 nitrogen and oxygen atoms in total. The lowest BCUT2D eigenvalue weighted by Gasteiger charge is -2.33. The zero-order valence-electron chi connectivity index (χ0n) is 16.8. The highest BCUT2D eigenvalue weighted by atomic mass is 16.5. The Bertz CT molecular complexity index is 961. The highest BCUT2D eigenvalue weighted by Crippen LogP contribution is 2.23. The van der Waals surface area contributed by atoms with Gasteiger partial charge < -0.3 is 14.5 Å². The van der Waals surface area contributed by atoms with Crippen LogP contribution in [0.5, 0.6) is 5.75 Å². The van der Waals surface area contributed by atoms with E-state index in [4.69, 9.17) is 4.74 Å². The number of aromatic nitrogens is 3. The highest BCUT2D eigenvalue weighted by Gasteiger charge is 2.26. The fourth-order valence-corrected chi connectivity index (χ4v) is 3.49. The number of carbonyl (C=O) groups excluding carboxylic acids is 1. The zero-order valence-corrected chi connectivity index (χ0v) is 16.8. The van der Waals surface area contributed by atoms with Crippen LogP contribution in [0.25, 0.3) is 17.1 Å². The molecule has 1 aromatic heterocycles. The molecule has 2 heterocycles. The summed E-state index contributed by atoms with van der Waals surface area (Å²) in [7, 11) is 1.63. The average Bonchev–Trinajstić information content (AvgIpc) is 3.25. The van der Waals surface area contributed by atoms with E-state index in [9.17, 15) is 4.79 Å². The summed E-state index contributed by atoms with van der Waals surface area (Å²) in [5.74, 6) is 1.52. The number of ether oxygens (including phenoxy) is 1. The molecule has 1 aliphatic heterocycles. The molecule has 0 spiro atoms. The predicted octanol–water partition coefficient (Wildman–Crippen LogP) is 2.72. The Morgan fingerprint density at radius 3 is 2.31 bits per heavy atom. The van der Waals surface area contributed by atoms with Crippen molar-refractivity contribution in [1.82, 2.24) is 24.6 Å². The Morgan fingerprint density at radius 2 is 1.69 bits per heavy atom. The van der Waals surface area contributed by atoms with Crippen LogP contribution in [0.15, 0.2) is 54.6 Å². The number of hydrogen-bond donors (Lipinski definition) is 0. The van der Waals surface area contributed by atoms with Crippen LogP contribution in [0, 0.1) is 0 Å². The maximum atomic E-state index is 13.1. The fraction of sp³-hybridized carbons (Fsp3) is 0.318. The Morgan fingerprint density at radius 1 is 1.00 bits per heavy atom. The third-order valence-corrected chi connectivity index (χ3v) is 5.25. The van der Waals surface area contributed by atoms with Gasteiger partial charge in [0.2, 0.25) is 5.82 Å². The number of piperazine rings is 1. The summed E-state index contributed by atoms with van der Waals surface area (Å²) >= 11 is 0. The number of hydrogen-bond acceptors (Lipinski definition) is 5. The van der Waals surface area contributed by atoms with Gasteiger partial charge in [-0.1, -0.05) is 37.3 Å². The molecule has 1 amide bonds. The van der Waals surface area contributed by atoms with Gasteiger partial charge in [-0.2, -0.15) is 0 Å². The molecule has 150 valence electrons.